The molecule has 0 saturated heterocycles. The molecule has 0 radical (unpaired) electrons. The number of halogens is 4. The molecule has 2 aliphatic heterocycles. The summed E-state index contributed by atoms with van der Waals surface area (Å²) in [6.45, 7) is 3.31. The lowest BCUT2D eigenvalue weighted by molar-refractivity contribution is 0.172. The zero-order valence-electron chi connectivity index (χ0n) is 23.4. The normalized spacial score (nSPS) is 13.3. The number of phenols is 2. The molecule has 0 unspecified atom stereocenters. The van der Waals surface area contributed by atoms with Gasteiger partial charge in [-0.2, -0.15) is 0 Å². The number of nitrogens with zero attached hydrogens (tertiary/aromatic N) is 2. The van der Waals surface area contributed by atoms with Gasteiger partial charge in [0.15, 0.2) is 23.0 Å². The molecule has 0 aliphatic carbocycles. The first-order valence-electron chi connectivity index (χ1n) is 13.8. The molecule has 0 bridgehead atoms. The van der Waals surface area contributed by atoms with E-state index >= 15 is 0 Å². The number of aromatic hydroxyl groups is 2. The van der Waals surface area contributed by atoms with E-state index in [0.29, 0.717) is 83.4 Å². The minimum atomic E-state index is -0.0116. The minimum absolute atomic E-state index is 0.0116. The first-order valence-corrected chi connectivity index (χ1v) is 15.3. The lowest BCUT2D eigenvalue weighted by Gasteiger charge is -2.29. The Balaban J connectivity index is 1.27. The summed E-state index contributed by atoms with van der Waals surface area (Å²) in [4.78, 5) is 4.35. The monoisotopic (exact) mass is 676 g/mol. The third kappa shape index (κ3) is 7.18. The molecule has 0 saturated carbocycles. The number of benzene rings is 4. The lowest BCUT2D eigenvalue weighted by Crippen LogP contribution is -2.34. The van der Waals surface area contributed by atoms with Crippen molar-refractivity contribution < 1.29 is 29.2 Å². The molecule has 8 nitrogen and oxygen atoms in total. The van der Waals surface area contributed by atoms with E-state index in [2.05, 4.69) is 9.80 Å². The van der Waals surface area contributed by atoms with Crippen LogP contribution in [0.2, 0.25) is 20.1 Å². The van der Waals surface area contributed by atoms with Crippen LogP contribution in [0, 0.1) is 0 Å². The van der Waals surface area contributed by atoms with Crippen LogP contribution in [0.5, 0.6) is 34.5 Å². The largest absolute Gasteiger partial charge is 0.506 e. The van der Waals surface area contributed by atoms with Crippen LogP contribution in [0.1, 0.15) is 22.3 Å². The molecule has 0 amide bonds. The maximum atomic E-state index is 10.8. The fourth-order valence-corrected chi connectivity index (χ4v) is 6.34. The summed E-state index contributed by atoms with van der Waals surface area (Å²) in [6, 6.07) is 18.1. The summed E-state index contributed by atoms with van der Waals surface area (Å²) in [5, 5.41) is 22.7. The maximum absolute atomic E-state index is 10.8. The highest BCUT2D eigenvalue weighted by atomic mass is 35.5. The molecule has 0 aromatic heterocycles. The molecule has 2 N–H and O–H groups in total. The van der Waals surface area contributed by atoms with Crippen molar-refractivity contribution in [3.8, 4) is 34.5 Å². The second kappa shape index (κ2) is 13.4. The van der Waals surface area contributed by atoms with E-state index in [9.17, 15) is 10.2 Å². The minimum Gasteiger partial charge on any atom is -0.506 e. The molecular weight excluding hydrogens is 650 g/mol. The zero-order valence-corrected chi connectivity index (χ0v) is 26.4. The Morgan fingerprint density at radius 2 is 0.932 bits per heavy atom. The van der Waals surface area contributed by atoms with Crippen LogP contribution in [0.15, 0.2) is 60.7 Å². The Morgan fingerprint density at radius 1 is 0.523 bits per heavy atom. The Morgan fingerprint density at radius 3 is 1.36 bits per heavy atom. The first kappa shape index (κ1) is 30.8. The third-order valence-corrected chi connectivity index (χ3v) is 8.43. The molecule has 0 spiro atoms. The van der Waals surface area contributed by atoms with Gasteiger partial charge in [-0.05, 0) is 59.7 Å². The van der Waals surface area contributed by atoms with Crippen molar-refractivity contribution in [2.45, 2.75) is 26.2 Å². The molecule has 4 aromatic carbocycles. The molecule has 12 heteroatoms. The van der Waals surface area contributed by atoms with Gasteiger partial charge in [-0.25, -0.2) is 0 Å². The quantitative estimate of drug-likeness (QED) is 0.166. The van der Waals surface area contributed by atoms with E-state index in [0.717, 1.165) is 11.1 Å². The van der Waals surface area contributed by atoms with Gasteiger partial charge in [-0.15, -0.1) is 0 Å². The van der Waals surface area contributed by atoms with Gasteiger partial charge in [0.25, 0.3) is 0 Å². The summed E-state index contributed by atoms with van der Waals surface area (Å²) in [5.74, 6) is 2.76. The molecular formula is C32H28Cl4N2O6. The fourth-order valence-electron chi connectivity index (χ4n) is 5.27. The van der Waals surface area contributed by atoms with Crippen molar-refractivity contribution >= 4 is 46.4 Å². The van der Waals surface area contributed by atoms with E-state index in [1.807, 2.05) is 36.4 Å². The van der Waals surface area contributed by atoms with Gasteiger partial charge in [0.2, 0.25) is 13.6 Å². The molecule has 0 atom stereocenters. The van der Waals surface area contributed by atoms with Crippen molar-refractivity contribution in [2.24, 2.45) is 0 Å². The standard InChI is InChI=1S/C32H28Cl4N2O6/c33-23-9-21(31(39)25(35)11-23)15-37(13-19-1-3-27-29(7-19)43-17-41-27)5-6-38(16-22-10-24(34)12-26(36)32(22)40)14-20-2-4-28-30(8-20)44-18-42-28/h1-4,7-12,39-40H,5-6,13-18H2. The average molecular weight is 678 g/mol. The molecule has 4 aromatic rings. The summed E-state index contributed by atoms with van der Waals surface area (Å²) in [7, 11) is 0. The van der Waals surface area contributed by atoms with E-state index in [1.54, 1.807) is 12.1 Å². The number of fused-ring (bicyclic) bond motifs is 2. The number of ether oxygens (including phenoxy) is 4. The van der Waals surface area contributed by atoms with Crippen LogP contribution in [0.3, 0.4) is 0 Å². The molecule has 2 aliphatic rings. The van der Waals surface area contributed by atoms with Crippen LogP contribution in [-0.4, -0.2) is 46.7 Å². The third-order valence-electron chi connectivity index (χ3n) is 7.42. The highest BCUT2D eigenvalue weighted by molar-refractivity contribution is 6.36. The predicted octanol–water partition coefficient (Wildman–Crippen LogP) is 7.87. The Labute approximate surface area is 274 Å². The second-order valence-electron chi connectivity index (χ2n) is 10.6. The van der Waals surface area contributed by atoms with Crippen molar-refractivity contribution in [2.75, 3.05) is 26.7 Å². The molecule has 230 valence electrons. The second-order valence-corrected chi connectivity index (χ2v) is 12.3. The van der Waals surface area contributed by atoms with E-state index in [-0.39, 0.29) is 35.1 Å². The highest BCUT2D eigenvalue weighted by Crippen LogP contribution is 2.36. The van der Waals surface area contributed by atoms with Gasteiger partial charge < -0.3 is 29.2 Å². The van der Waals surface area contributed by atoms with Crippen LogP contribution in [0.25, 0.3) is 0 Å². The molecule has 6 rings (SSSR count). The maximum Gasteiger partial charge on any atom is 0.231 e. The lowest BCUT2D eigenvalue weighted by atomic mass is 10.1. The first-order chi connectivity index (χ1) is 21.2. The van der Waals surface area contributed by atoms with Crippen LogP contribution >= 0.6 is 46.4 Å². The molecule has 0 fully saturated rings. The number of hydrogen-bond acceptors (Lipinski definition) is 8. The van der Waals surface area contributed by atoms with Crippen molar-refractivity contribution in [1.82, 2.24) is 9.80 Å². The van der Waals surface area contributed by atoms with Crippen molar-refractivity contribution in [3.63, 3.8) is 0 Å². The van der Waals surface area contributed by atoms with E-state index in [4.69, 9.17) is 65.4 Å². The smallest absolute Gasteiger partial charge is 0.231 e. The Bertz CT molecular complexity index is 1560. The SMILES string of the molecule is Oc1c(Cl)cc(Cl)cc1CN(CCN(Cc1ccc2c(c1)OCO2)Cc1cc(Cl)cc(Cl)c1O)Cc1ccc2c(c1)OCO2. The van der Waals surface area contributed by atoms with Crippen molar-refractivity contribution in [3.05, 3.63) is 103 Å². The summed E-state index contributed by atoms with van der Waals surface area (Å²) in [5.41, 5.74) is 3.21. The van der Waals surface area contributed by atoms with Crippen LogP contribution in [-0.2, 0) is 26.2 Å². The van der Waals surface area contributed by atoms with E-state index < -0.39 is 0 Å². The molecule has 2 heterocycles. The fraction of sp³-hybridized carbons (Fsp3) is 0.250. The summed E-state index contributed by atoms with van der Waals surface area (Å²) in [6.07, 6.45) is 0. The Hall–Kier alpha value is -3.24. The van der Waals surface area contributed by atoms with Gasteiger partial charge in [-0.3, -0.25) is 9.80 Å². The van der Waals surface area contributed by atoms with Gasteiger partial charge in [-0.1, -0.05) is 58.5 Å². The van der Waals surface area contributed by atoms with Crippen LogP contribution in [0.4, 0.5) is 0 Å². The summed E-state index contributed by atoms with van der Waals surface area (Å²) >= 11 is 25.1. The van der Waals surface area contributed by atoms with Gasteiger partial charge in [0, 0.05) is 60.4 Å². The highest BCUT2D eigenvalue weighted by Gasteiger charge is 2.21. The molecule has 44 heavy (non-hydrogen) atoms. The average Bonchev–Trinajstić information content (AvgIpc) is 3.65. The summed E-state index contributed by atoms with van der Waals surface area (Å²) < 4.78 is 22.2. The van der Waals surface area contributed by atoms with Crippen molar-refractivity contribution in [1.29, 1.82) is 0 Å². The van der Waals surface area contributed by atoms with E-state index in [1.165, 1.54) is 12.1 Å². The Kier molecular flexibility index (Phi) is 9.37. The van der Waals surface area contributed by atoms with Gasteiger partial charge in [0.05, 0.1) is 10.0 Å². The predicted molar refractivity (Wildman–Crippen MR) is 170 cm³/mol. The van der Waals surface area contributed by atoms with Gasteiger partial charge in [0.1, 0.15) is 11.5 Å². The van der Waals surface area contributed by atoms with Crippen LogP contribution < -0.4 is 18.9 Å². The number of hydrogen-bond donors (Lipinski definition) is 2. The topological polar surface area (TPSA) is 83.9 Å². The van der Waals surface area contributed by atoms with Gasteiger partial charge >= 0.3 is 0 Å². The number of rotatable bonds is 11. The zero-order chi connectivity index (χ0) is 30.8. The number of phenolic OH excluding ortho intramolecular Hbond substituents is 2.